The van der Waals surface area contributed by atoms with Crippen LogP contribution in [-0.2, 0) is 17.5 Å². The molecule has 1 heterocycles. The zero-order valence-corrected chi connectivity index (χ0v) is 13.4. The molecule has 1 aromatic heterocycles. The van der Waals surface area contributed by atoms with Gasteiger partial charge < -0.3 is 0 Å². The Hall–Kier alpha value is -2.35. The smallest absolute Gasteiger partial charge is 0.271 e. The molecule has 1 amide bonds. The van der Waals surface area contributed by atoms with E-state index >= 15 is 0 Å². The maximum atomic E-state index is 12.4. The number of halogens is 4. The van der Waals surface area contributed by atoms with E-state index in [-0.39, 0.29) is 6.54 Å². The molecule has 128 valence electrons. The summed E-state index contributed by atoms with van der Waals surface area (Å²) in [5.74, 6) is -0.584. The molecular formula is C15H14ClF3N4O. The van der Waals surface area contributed by atoms with E-state index in [1.807, 2.05) is 6.92 Å². The van der Waals surface area contributed by atoms with E-state index in [9.17, 15) is 18.0 Å². The van der Waals surface area contributed by atoms with Crippen molar-refractivity contribution < 1.29 is 18.0 Å². The number of nitrogens with one attached hydrogen (secondary N) is 1. The fourth-order valence-electron chi connectivity index (χ4n) is 1.93. The minimum atomic E-state index is -4.54. The van der Waals surface area contributed by atoms with Crippen molar-refractivity contribution in [2.45, 2.75) is 26.1 Å². The summed E-state index contributed by atoms with van der Waals surface area (Å²) in [5.41, 5.74) is 2.62. The van der Waals surface area contributed by atoms with Crippen LogP contribution in [0.1, 0.15) is 24.6 Å². The third-order valence-electron chi connectivity index (χ3n) is 3.04. The van der Waals surface area contributed by atoms with Crippen LogP contribution < -0.4 is 5.43 Å². The highest BCUT2D eigenvalue weighted by molar-refractivity contribution is 6.31. The van der Waals surface area contributed by atoms with Crippen LogP contribution in [0.3, 0.4) is 0 Å². The van der Waals surface area contributed by atoms with Crippen LogP contribution in [0.25, 0.3) is 0 Å². The van der Waals surface area contributed by atoms with E-state index < -0.39 is 17.8 Å². The number of carbonyl (C=O) groups is 1. The first-order chi connectivity index (χ1) is 11.3. The lowest BCUT2D eigenvalue weighted by Crippen LogP contribution is -2.25. The molecular weight excluding hydrogens is 345 g/mol. The van der Waals surface area contributed by atoms with E-state index in [4.69, 9.17) is 11.6 Å². The van der Waals surface area contributed by atoms with E-state index in [0.717, 1.165) is 22.5 Å². The summed E-state index contributed by atoms with van der Waals surface area (Å²) in [7, 11) is 0. The van der Waals surface area contributed by atoms with Gasteiger partial charge in [-0.2, -0.15) is 23.4 Å². The van der Waals surface area contributed by atoms with Gasteiger partial charge >= 0.3 is 6.18 Å². The molecule has 9 heteroatoms. The monoisotopic (exact) mass is 358 g/mol. The number of rotatable bonds is 5. The molecule has 0 atom stereocenters. The molecule has 5 nitrogen and oxygen atoms in total. The second-order valence-electron chi connectivity index (χ2n) is 4.85. The van der Waals surface area contributed by atoms with Gasteiger partial charge in [0.1, 0.15) is 6.54 Å². The minimum absolute atomic E-state index is 0.369. The molecule has 0 saturated heterocycles. The molecule has 2 rings (SSSR count). The molecule has 0 fully saturated rings. The van der Waals surface area contributed by atoms with Gasteiger partial charge in [-0.3, -0.25) is 9.48 Å². The lowest BCUT2D eigenvalue weighted by molar-refractivity contribution is -0.141. The summed E-state index contributed by atoms with van der Waals surface area (Å²) >= 11 is 5.91. The lowest BCUT2D eigenvalue weighted by Gasteiger charge is -2.06. The van der Waals surface area contributed by atoms with Crippen LogP contribution in [0.2, 0.25) is 5.02 Å². The Morgan fingerprint density at radius 1 is 1.38 bits per heavy atom. The maximum Gasteiger partial charge on any atom is 0.435 e. The van der Waals surface area contributed by atoms with Crippen molar-refractivity contribution in [3.63, 3.8) is 0 Å². The van der Waals surface area contributed by atoms with Crippen LogP contribution in [0.5, 0.6) is 0 Å². The molecule has 24 heavy (non-hydrogen) atoms. The van der Waals surface area contributed by atoms with Crippen molar-refractivity contribution in [1.82, 2.24) is 15.2 Å². The van der Waals surface area contributed by atoms with Gasteiger partial charge in [0.25, 0.3) is 5.91 Å². The Kier molecular flexibility index (Phi) is 5.61. The van der Waals surface area contributed by atoms with Crippen molar-refractivity contribution >= 4 is 23.2 Å². The number of nitrogens with zero attached hydrogens (tertiary/aromatic N) is 3. The molecule has 0 unspecified atom stereocenters. The van der Waals surface area contributed by atoms with Crippen LogP contribution >= 0.6 is 11.6 Å². The fourth-order valence-corrected chi connectivity index (χ4v) is 2.12. The van der Waals surface area contributed by atoms with Gasteiger partial charge in [0.15, 0.2) is 5.69 Å². The van der Waals surface area contributed by atoms with Crippen LogP contribution in [-0.4, -0.2) is 21.4 Å². The Morgan fingerprint density at radius 2 is 2.12 bits per heavy atom. The second-order valence-corrected chi connectivity index (χ2v) is 5.29. The highest BCUT2D eigenvalue weighted by Gasteiger charge is 2.33. The third kappa shape index (κ3) is 4.82. The summed E-state index contributed by atoms with van der Waals surface area (Å²) < 4.78 is 38.3. The number of benzene rings is 1. The summed E-state index contributed by atoms with van der Waals surface area (Å²) in [5, 5.41) is 7.84. The van der Waals surface area contributed by atoms with Crippen LogP contribution in [0.4, 0.5) is 13.2 Å². The van der Waals surface area contributed by atoms with Crippen molar-refractivity contribution in [3.8, 4) is 0 Å². The van der Waals surface area contributed by atoms with Crippen molar-refractivity contribution in [3.05, 3.63) is 52.8 Å². The number of hydrazone groups is 1. The number of amides is 1. The fraction of sp³-hybridized carbons (Fsp3) is 0.267. The first kappa shape index (κ1) is 18.0. The molecule has 1 N–H and O–H groups in total. The molecule has 0 radical (unpaired) electrons. The number of hydrogen-bond acceptors (Lipinski definition) is 3. The molecule has 0 aliphatic rings. The Balaban J connectivity index is 2.02. The molecule has 0 saturated carbocycles. The summed E-state index contributed by atoms with van der Waals surface area (Å²) in [4.78, 5) is 11.8. The molecule has 0 bridgehead atoms. The number of hydrogen-bond donors (Lipinski definition) is 1. The number of aromatic nitrogens is 2. The Bertz CT molecular complexity index is 755. The highest BCUT2D eigenvalue weighted by atomic mass is 35.5. The van der Waals surface area contributed by atoms with Gasteiger partial charge in [-0.25, -0.2) is 5.43 Å². The van der Waals surface area contributed by atoms with Crippen LogP contribution in [0, 0.1) is 0 Å². The molecule has 0 aliphatic carbocycles. The first-order valence-electron chi connectivity index (χ1n) is 7.01. The highest BCUT2D eigenvalue weighted by Crippen LogP contribution is 2.27. The largest absolute Gasteiger partial charge is 0.435 e. The minimum Gasteiger partial charge on any atom is -0.271 e. The predicted octanol–water partition coefficient (Wildman–Crippen LogP) is 3.49. The lowest BCUT2D eigenvalue weighted by atomic mass is 10.1. The normalized spacial score (nSPS) is 12.3. The van der Waals surface area contributed by atoms with E-state index in [2.05, 4.69) is 15.6 Å². The van der Waals surface area contributed by atoms with Gasteiger partial charge in [-0.05, 0) is 30.2 Å². The van der Waals surface area contributed by atoms with Crippen molar-refractivity contribution in [2.24, 2.45) is 5.10 Å². The number of carbonyl (C=O) groups excluding carboxylic acids is 1. The second kappa shape index (κ2) is 7.48. The van der Waals surface area contributed by atoms with E-state index in [0.29, 0.717) is 17.2 Å². The van der Waals surface area contributed by atoms with Crippen molar-refractivity contribution in [2.75, 3.05) is 0 Å². The average Bonchev–Trinajstić information content (AvgIpc) is 2.96. The summed E-state index contributed by atoms with van der Waals surface area (Å²) in [6.07, 6.45) is -2.91. The number of alkyl halides is 3. The van der Waals surface area contributed by atoms with Gasteiger partial charge in [0.05, 0.1) is 5.71 Å². The molecule has 1 aromatic carbocycles. The van der Waals surface area contributed by atoms with Crippen molar-refractivity contribution in [1.29, 1.82) is 0 Å². The summed E-state index contributed by atoms with van der Waals surface area (Å²) in [6.45, 7) is 1.49. The Labute approximate surface area is 141 Å². The van der Waals surface area contributed by atoms with E-state index in [1.165, 1.54) is 0 Å². The summed E-state index contributed by atoms with van der Waals surface area (Å²) in [6, 6.07) is 7.78. The Morgan fingerprint density at radius 3 is 2.71 bits per heavy atom. The SMILES string of the molecule is CC/C(=N\NC(=O)Cn1ccc(C(F)(F)F)n1)c1cccc(Cl)c1. The molecule has 0 spiro atoms. The molecule has 2 aromatic rings. The average molecular weight is 359 g/mol. The predicted molar refractivity (Wildman–Crippen MR) is 83.7 cm³/mol. The third-order valence-corrected chi connectivity index (χ3v) is 3.28. The zero-order chi connectivity index (χ0) is 17.7. The topological polar surface area (TPSA) is 59.3 Å². The maximum absolute atomic E-state index is 12.4. The van der Waals surface area contributed by atoms with Gasteiger partial charge in [-0.15, -0.1) is 0 Å². The van der Waals surface area contributed by atoms with Gasteiger partial charge in [0, 0.05) is 11.2 Å². The van der Waals surface area contributed by atoms with Crippen LogP contribution in [0.15, 0.2) is 41.6 Å². The van der Waals surface area contributed by atoms with Gasteiger partial charge in [-0.1, -0.05) is 30.7 Å². The molecule has 0 aliphatic heterocycles. The van der Waals surface area contributed by atoms with E-state index in [1.54, 1.807) is 24.3 Å². The standard InChI is InChI=1S/C15H14ClF3N4O/c1-2-12(10-4-3-5-11(16)8-10)20-21-14(24)9-23-7-6-13(22-23)15(17,18)19/h3-8H,2,9H2,1H3,(H,21,24)/b20-12+. The zero-order valence-electron chi connectivity index (χ0n) is 12.6. The van der Waals surface area contributed by atoms with Gasteiger partial charge in [0.2, 0.25) is 0 Å². The first-order valence-corrected chi connectivity index (χ1v) is 7.39. The quantitative estimate of drug-likeness (QED) is 0.657.